The first-order chi connectivity index (χ1) is 6.65. The Bertz CT molecular complexity index is 223. The van der Waals surface area contributed by atoms with Gasteiger partial charge in [0.1, 0.15) is 12.1 Å². The molecule has 1 aliphatic heterocycles. The van der Waals surface area contributed by atoms with Crippen LogP contribution in [0.2, 0.25) is 0 Å². The van der Waals surface area contributed by atoms with Crippen molar-refractivity contribution in [2.45, 2.75) is 38.3 Å². The van der Waals surface area contributed by atoms with Crippen molar-refractivity contribution in [1.29, 1.82) is 0 Å². The standard InChI is InChI=1S/C9H15NO4/c1-2-6(9(12)13)10-8(11)7-4-3-5-14-7/h6-7H,2-5H2,1H3,(H,10,11)(H,12,13). The third kappa shape index (κ3) is 2.70. The lowest BCUT2D eigenvalue weighted by Gasteiger charge is -2.15. The van der Waals surface area contributed by atoms with Gasteiger partial charge in [0.05, 0.1) is 0 Å². The van der Waals surface area contributed by atoms with E-state index in [1.54, 1.807) is 6.92 Å². The summed E-state index contributed by atoms with van der Waals surface area (Å²) < 4.78 is 5.13. The van der Waals surface area contributed by atoms with E-state index in [0.717, 1.165) is 6.42 Å². The average Bonchev–Trinajstić information content (AvgIpc) is 2.65. The van der Waals surface area contributed by atoms with E-state index in [2.05, 4.69) is 5.32 Å². The molecule has 2 N–H and O–H groups in total. The largest absolute Gasteiger partial charge is 0.480 e. The van der Waals surface area contributed by atoms with Crippen molar-refractivity contribution in [2.75, 3.05) is 6.61 Å². The van der Waals surface area contributed by atoms with Gasteiger partial charge in [0.15, 0.2) is 0 Å². The number of hydrogen-bond acceptors (Lipinski definition) is 3. The van der Waals surface area contributed by atoms with E-state index < -0.39 is 18.1 Å². The van der Waals surface area contributed by atoms with Crippen molar-refractivity contribution in [1.82, 2.24) is 5.32 Å². The van der Waals surface area contributed by atoms with Gasteiger partial charge in [-0.1, -0.05) is 6.92 Å². The number of carbonyl (C=O) groups is 2. The Kier molecular flexibility index (Phi) is 3.88. The molecule has 0 saturated carbocycles. The summed E-state index contributed by atoms with van der Waals surface area (Å²) in [5, 5.41) is 11.2. The minimum Gasteiger partial charge on any atom is -0.480 e. The first-order valence-electron chi connectivity index (χ1n) is 4.80. The quantitative estimate of drug-likeness (QED) is 0.678. The molecule has 5 heteroatoms. The van der Waals surface area contributed by atoms with Crippen LogP contribution in [0, 0.1) is 0 Å². The molecule has 0 spiro atoms. The fourth-order valence-corrected chi connectivity index (χ4v) is 1.39. The van der Waals surface area contributed by atoms with Crippen LogP contribution in [0.1, 0.15) is 26.2 Å². The Morgan fingerprint density at radius 2 is 2.36 bits per heavy atom. The lowest BCUT2D eigenvalue weighted by atomic mass is 10.2. The zero-order chi connectivity index (χ0) is 10.6. The van der Waals surface area contributed by atoms with E-state index in [-0.39, 0.29) is 5.91 Å². The Morgan fingerprint density at radius 1 is 1.64 bits per heavy atom. The Balaban J connectivity index is 2.41. The van der Waals surface area contributed by atoms with Crippen molar-refractivity contribution < 1.29 is 19.4 Å². The van der Waals surface area contributed by atoms with Crippen LogP contribution < -0.4 is 5.32 Å². The highest BCUT2D eigenvalue weighted by Crippen LogP contribution is 2.12. The predicted molar refractivity (Wildman–Crippen MR) is 48.8 cm³/mol. The van der Waals surface area contributed by atoms with Gasteiger partial charge in [-0.05, 0) is 19.3 Å². The maximum atomic E-state index is 11.4. The molecule has 0 aromatic rings. The van der Waals surface area contributed by atoms with Crippen LogP contribution in [0.15, 0.2) is 0 Å². The van der Waals surface area contributed by atoms with E-state index >= 15 is 0 Å². The van der Waals surface area contributed by atoms with Crippen LogP contribution in [0.4, 0.5) is 0 Å². The van der Waals surface area contributed by atoms with Crippen LogP contribution in [0.5, 0.6) is 0 Å². The smallest absolute Gasteiger partial charge is 0.326 e. The molecule has 1 saturated heterocycles. The van der Waals surface area contributed by atoms with Crippen molar-refractivity contribution in [3.05, 3.63) is 0 Å². The second-order valence-corrected chi connectivity index (χ2v) is 3.31. The average molecular weight is 201 g/mol. The molecular formula is C9H15NO4. The molecule has 2 unspecified atom stereocenters. The molecule has 80 valence electrons. The van der Waals surface area contributed by atoms with Crippen molar-refractivity contribution in [3.63, 3.8) is 0 Å². The Morgan fingerprint density at radius 3 is 2.79 bits per heavy atom. The highest BCUT2D eigenvalue weighted by molar-refractivity contribution is 5.86. The maximum Gasteiger partial charge on any atom is 0.326 e. The van der Waals surface area contributed by atoms with Crippen molar-refractivity contribution in [2.24, 2.45) is 0 Å². The molecule has 0 aromatic heterocycles. The van der Waals surface area contributed by atoms with Crippen molar-refractivity contribution in [3.8, 4) is 0 Å². The molecule has 2 atom stereocenters. The first-order valence-corrected chi connectivity index (χ1v) is 4.80. The van der Waals surface area contributed by atoms with Crippen LogP contribution in [-0.4, -0.2) is 35.7 Å². The number of carbonyl (C=O) groups excluding carboxylic acids is 1. The molecule has 1 heterocycles. The minimum atomic E-state index is -1.00. The second kappa shape index (κ2) is 4.95. The lowest BCUT2D eigenvalue weighted by Crippen LogP contribution is -2.44. The number of ether oxygens (including phenoxy) is 1. The van der Waals surface area contributed by atoms with Gasteiger partial charge in [0.2, 0.25) is 5.91 Å². The molecule has 5 nitrogen and oxygen atoms in total. The fourth-order valence-electron chi connectivity index (χ4n) is 1.39. The lowest BCUT2D eigenvalue weighted by molar-refractivity contribution is -0.143. The van der Waals surface area contributed by atoms with Gasteiger partial charge < -0.3 is 15.2 Å². The number of nitrogens with one attached hydrogen (secondary N) is 1. The summed E-state index contributed by atoms with van der Waals surface area (Å²) in [7, 11) is 0. The van der Waals surface area contributed by atoms with E-state index in [1.807, 2.05) is 0 Å². The number of carboxylic acids is 1. The van der Waals surface area contributed by atoms with Gasteiger partial charge in [-0.25, -0.2) is 4.79 Å². The second-order valence-electron chi connectivity index (χ2n) is 3.31. The van der Waals surface area contributed by atoms with E-state index in [1.165, 1.54) is 0 Å². The molecule has 1 rings (SSSR count). The van der Waals surface area contributed by atoms with Crippen molar-refractivity contribution >= 4 is 11.9 Å². The molecule has 1 aliphatic rings. The summed E-state index contributed by atoms with van der Waals surface area (Å²) in [6.07, 6.45) is 1.47. The van der Waals surface area contributed by atoms with E-state index in [4.69, 9.17) is 9.84 Å². The molecule has 0 aliphatic carbocycles. The summed E-state index contributed by atoms with van der Waals surface area (Å²) in [5.74, 6) is -1.31. The van der Waals surface area contributed by atoms with Crippen LogP contribution >= 0.6 is 0 Å². The molecule has 1 amide bonds. The van der Waals surface area contributed by atoms with Gasteiger partial charge in [-0.2, -0.15) is 0 Å². The van der Waals surface area contributed by atoms with Crippen LogP contribution in [0.3, 0.4) is 0 Å². The molecule has 1 fully saturated rings. The molecule has 14 heavy (non-hydrogen) atoms. The van der Waals surface area contributed by atoms with E-state index in [0.29, 0.717) is 19.4 Å². The number of hydrogen-bond donors (Lipinski definition) is 2. The van der Waals surface area contributed by atoms with E-state index in [9.17, 15) is 9.59 Å². The molecule has 0 radical (unpaired) electrons. The summed E-state index contributed by atoms with van der Waals surface area (Å²) in [5.41, 5.74) is 0. The van der Waals surface area contributed by atoms with Gasteiger partial charge in [0, 0.05) is 6.61 Å². The summed E-state index contributed by atoms with van der Waals surface area (Å²) in [6.45, 7) is 2.30. The zero-order valence-electron chi connectivity index (χ0n) is 8.16. The normalized spacial score (nSPS) is 23.1. The number of carboxylic acid groups (broad SMARTS) is 1. The van der Waals surface area contributed by atoms with Gasteiger partial charge >= 0.3 is 5.97 Å². The maximum absolute atomic E-state index is 11.4. The molecule has 0 bridgehead atoms. The number of amides is 1. The Hall–Kier alpha value is -1.10. The fraction of sp³-hybridized carbons (Fsp3) is 0.778. The summed E-state index contributed by atoms with van der Waals surface area (Å²) in [4.78, 5) is 22.0. The topological polar surface area (TPSA) is 75.6 Å². The summed E-state index contributed by atoms with van der Waals surface area (Å²) in [6, 6.07) is -0.799. The highest BCUT2D eigenvalue weighted by atomic mass is 16.5. The third-order valence-electron chi connectivity index (χ3n) is 2.24. The first kappa shape index (κ1) is 11.0. The van der Waals surface area contributed by atoms with Gasteiger partial charge in [-0.15, -0.1) is 0 Å². The van der Waals surface area contributed by atoms with Crippen LogP contribution in [0.25, 0.3) is 0 Å². The molecule has 0 aromatic carbocycles. The van der Waals surface area contributed by atoms with Gasteiger partial charge in [-0.3, -0.25) is 4.79 Å². The van der Waals surface area contributed by atoms with Gasteiger partial charge in [0.25, 0.3) is 0 Å². The zero-order valence-corrected chi connectivity index (χ0v) is 8.16. The predicted octanol–water partition coefficient (Wildman–Crippen LogP) is 0.145. The highest BCUT2D eigenvalue weighted by Gasteiger charge is 2.27. The molecular weight excluding hydrogens is 186 g/mol. The third-order valence-corrected chi connectivity index (χ3v) is 2.24. The number of aliphatic carboxylic acids is 1. The SMILES string of the molecule is CCC(NC(=O)C1CCCO1)C(=O)O. The number of rotatable bonds is 4. The Labute approximate surface area is 82.4 Å². The summed E-state index contributed by atoms with van der Waals surface area (Å²) >= 11 is 0. The monoisotopic (exact) mass is 201 g/mol. The van der Waals surface area contributed by atoms with Crippen LogP contribution in [-0.2, 0) is 14.3 Å². The minimum absolute atomic E-state index is 0.309.